The number of rotatable bonds is 4. The minimum absolute atomic E-state index is 0.0259. The molecule has 0 aliphatic rings. The molecule has 3 rings (SSSR count). The fraction of sp³-hybridized carbons (Fsp3) is 0.300. The zero-order valence-corrected chi connectivity index (χ0v) is 15.4. The lowest BCUT2D eigenvalue weighted by molar-refractivity contribution is 0.616. The van der Waals surface area contributed by atoms with Gasteiger partial charge in [-0.1, -0.05) is 42.5 Å². The molecule has 0 aliphatic carbocycles. The fourth-order valence-corrected chi connectivity index (χ4v) is 3.49. The number of fused-ring (bicyclic) bond motifs is 1. The SMILES string of the molecule is C[C@H](N[S@@](=O)C(C)(C)C)c1ccc2c(-c3ccccc3)c[nH]c2c1. The van der Waals surface area contributed by atoms with Crippen molar-refractivity contribution in [2.45, 2.75) is 38.5 Å². The first-order chi connectivity index (χ1) is 11.4. The third kappa shape index (κ3) is 3.45. The van der Waals surface area contributed by atoms with E-state index in [0.29, 0.717) is 0 Å². The zero-order valence-electron chi connectivity index (χ0n) is 14.6. The second-order valence-corrected chi connectivity index (χ2v) is 9.09. The van der Waals surface area contributed by atoms with E-state index in [1.807, 2.05) is 33.8 Å². The van der Waals surface area contributed by atoms with Gasteiger partial charge >= 0.3 is 0 Å². The number of benzene rings is 2. The van der Waals surface area contributed by atoms with Crippen LogP contribution >= 0.6 is 0 Å². The molecule has 2 aromatic carbocycles. The zero-order chi connectivity index (χ0) is 17.3. The molecule has 0 amide bonds. The second kappa shape index (κ2) is 6.54. The highest BCUT2D eigenvalue weighted by Crippen LogP contribution is 2.30. The van der Waals surface area contributed by atoms with Gasteiger partial charge in [0.1, 0.15) is 0 Å². The summed E-state index contributed by atoms with van der Waals surface area (Å²) in [5.41, 5.74) is 4.63. The fourth-order valence-electron chi connectivity index (χ4n) is 2.68. The van der Waals surface area contributed by atoms with Crippen LogP contribution < -0.4 is 4.72 Å². The lowest BCUT2D eigenvalue weighted by Gasteiger charge is -2.22. The largest absolute Gasteiger partial charge is 0.361 e. The van der Waals surface area contributed by atoms with Crippen molar-refractivity contribution in [1.82, 2.24) is 9.71 Å². The predicted octanol–water partition coefficient (Wildman–Crippen LogP) is 4.95. The monoisotopic (exact) mass is 340 g/mol. The van der Waals surface area contributed by atoms with Crippen LogP contribution in [0.15, 0.2) is 54.7 Å². The Morgan fingerprint density at radius 1 is 1.08 bits per heavy atom. The number of aromatic nitrogens is 1. The Bertz CT molecular complexity index is 862. The average Bonchev–Trinajstić information content (AvgIpc) is 2.97. The molecule has 0 bridgehead atoms. The van der Waals surface area contributed by atoms with Gasteiger partial charge in [-0.05, 0) is 44.9 Å². The van der Waals surface area contributed by atoms with Gasteiger partial charge in [-0.25, -0.2) is 8.93 Å². The molecule has 0 unspecified atom stereocenters. The maximum absolute atomic E-state index is 12.3. The van der Waals surface area contributed by atoms with Crippen molar-refractivity contribution >= 4 is 21.9 Å². The Labute approximate surface area is 146 Å². The van der Waals surface area contributed by atoms with Crippen LogP contribution in [0.5, 0.6) is 0 Å². The normalized spacial score (nSPS) is 14.7. The van der Waals surface area contributed by atoms with Crippen molar-refractivity contribution in [3.05, 3.63) is 60.3 Å². The van der Waals surface area contributed by atoms with Crippen molar-refractivity contribution in [2.24, 2.45) is 0 Å². The van der Waals surface area contributed by atoms with Crippen LogP contribution in [0.2, 0.25) is 0 Å². The van der Waals surface area contributed by atoms with Crippen LogP contribution in [0.3, 0.4) is 0 Å². The summed E-state index contributed by atoms with van der Waals surface area (Å²) in [6.07, 6.45) is 2.05. The van der Waals surface area contributed by atoms with Crippen molar-refractivity contribution in [3.63, 3.8) is 0 Å². The van der Waals surface area contributed by atoms with Crippen molar-refractivity contribution in [3.8, 4) is 11.1 Å². The predicted molar refractivity (Wildman–Crippen MR) is 103 cm³/mol. The van der Waals surface area contributed by atoms with Crippen LogP contribution in [0.25, 0.3) is 22.0 Å². The van der Waals surface area contributed by atoms with Crippen molar-refractivity contribution in [1.29, 1.82) is 0 Å². The third-order valence-electron chi connectivity index (χ3n) is 4.13. The van der Waals surface area contributed by atoms with Gasteiger partial charge in [0.15, 0.2) is 0 Å². The van der Waals surface area contributed by atoms with Crippen molar-refractivity contribution < 1.29 is 4.21 Å². The standard InChI is InChI=1S/C20H24N2OS/c1-14(22-24(23)20(2,3)4)16-10-11-17-18(13-21-19(17)12-16)15-8-6-5-7-9-15/h5-14,21-22H,1-4H3/t14-,24-/m0/s1. The molecule has 0 radical (unpaired) electrons. The molecule has 2 N–H and O–H groups in total. The molecule has 24 heavy (non-hydrogen) atoms. The summed E-state index contributed by atoms with van der Waals surface area (Å²) in [4.78, 5) is 3.36. The third-order valence-corrected chi connectivity index (χ3v) is 5.81. The van der Waals surface area contributed by atoms with E-state index in [9.17, 15) is 4.21 Å². The van der Waals surface area contributed by atoms with Gasteiger partial charge in [0.2, 0.25) is 0 Å². The second-order valence-electron chi connectivity index (χ2n) is 7.09. The lowest BCUT2D eigenvalue weighted by Crippen LogP contribution is -2.34. The molecule has 0 fully saturated rings. The summed E-state index contributed by atoms with van der Waals surface area (Å²) in [5, 5.41) is 1.20. The molecule has 2 atom stereocenters. The van der Waals surface area contributed by atoms with Crippen LogP contribution in [0, 0.1) is 0 Å². The van der Waals surface area contributed by atoms with Gasteiger partial charge in [0, 0.05) is 28.7 Å². The van der Waals surface area contributed by atoms with E-state index < -0.39 is 11.0 Å². The molecule has 0 spiro atoms. The molecule has 126 valence electrons. The number of hydrogen-bond acceptors (Lipinski definition) is 1. The first kappa shape index (κ1) is 16.9. The van der Waals surface area contributed by atoms with E-state index in [2.05, 4.69) is 58.4 Å². The van der Waals surface area contributed by atoms with Gasteiger partial charge in [-0.2, -0.15) is 0 Å². The molecular formula is C20H24N2OS. The molecule has 1 aromatic heterocycles. The molecule has 3 nitrogen and oxygen atoms in total. The molecule has 0 saturated carbocycles. The van der Waals surface area contributed by atoms with Gasteiger partial charge in [-0.15, -0.1) is 0 Å². The van der Waals surface area contributed by atoms with Gasteiger partial charge in [-0.3, -0.25) is 0 Å². The van der Waals surface area contributed by atoms with E-state index >= 15 is 0 Å². The van der Waals surface area contributed by atoms with E-state index in [1.165, 1.54) is 16.5 Å². The summed E-state index contributed by atoms with van der Waals surface area (Å²) in [7, 11) is -1.09. The van der Waals surface area contributed by atoms with E-state index in [1.54, 1.807) is 0 Å². The van der Waals surface area contributed by atoms with E-state index in [4.69, 9.17) is 0 Å². The summed E-state index contributed by atoms with van der Waals surface area (Å²) >= 11 is 0. The maximum Gasteiger partial charge on any atom is 0.0975 e. The molecule has 4 heteroatoms. The maximum atomic E-state index is 12.3. The number of aromatic amines is 1. The van der Waals surface area contributed by atoms with Gasteiger partial charge < -0.3 is 4.98 Å². The first-order valence-electron chi connectivity index (χ1n) is 8.21. The van der Waals surface area contributed by atoms with E-state index in [0.717, 1.165) is 11.1 Å². The number of H-pyrrole nitrogens is 1. The molecule has 0 aliphatic heterocycles. The van der Waals surface area contributed by atoms with E-state index in [-0.39, 0.29) is 10.8 Å². The lowest BCUT2D eigenvalue weighted by atomic mass is 10.0. The van der Waals surface area contributed by atoms with Crippen LogP contribution in [-0.4, -0.2) is 13.9 Å². The Kier molecular flexibility index (Phi) is 4.61. The Morgan fingerprint density at radius 3 is 2.46 bits per heavy atom. The quantitative estimate of drug-likeness (QED) is 0.693. The van der Waals surface area contributed by atoms with Gasteiger partial charge in [0.05, 0.1) is 15.7 Å². The van der Waals surface area contributed by atoms with Crippen LogP contribution in [0.1, 0.15) is 39.3 Å². The number of nitrogens with one attached hydrogen (secondary N) is 2. The van der Waals surface area contributed by atoms with Crippen molar-refractivity contribution in [2.75, 3.05) is 0 Å². The summed E-state index contributed by atoms with van der Waals surface area (Å²) in [6.45, 7) is 7.97. The molecule has 1 heterocycles. The molecule has 3 aromatic rings. The highest BCUT2D eigenvalue weighted by atomic mass is 32.2. The minimum atomic E-state index is -1.09. The molecule has 0 saturated heterocycles. The molecular weight excluding hydrogens is 316 g/mol. The Balaban J connectivity index is 1.89. The van der Waals surface area contributed by atoms with Crippen LogP contribution in [0.4, 0.5) is 0 Å². The number of hydrogen-bond donors (Lipinski definition) is 2. The smallest absolute Gasteiger partial charge is 0.0975 e. The summed E-state index contributed by atoms with van der Waals surface area (Å²) in [6, 6.07) is 16.8. The Hall–Kier alpha value is -1.91. The minimum Gasteiger partial charge on any atom is -0.361 e. The average molecular weight is 340 g/mol. The Morgan fingerprint density at radius 2 is 1.79 bits per heavy atom. The van der Waals surface area contributed by atoms with Crippen LogP contribution in [-0.2, 0) is 11.0 Å². The topological polar surface area (TPSA) is 44.9 Å². The first-order valence-corrected chi connectivity index (χ1v) is 9.36. The highest BCUT2D eigenvalue weighted by Gasteiger charge is 2.22. The summed E-state index contributed by atoms with van der Waals surface area (Å²) < 4.78 is 15.2. The van der Waals surface area contributed by atoms with Gasteiger partial charge in [0.25, 0.3) is 0 Å². The summed E-state index contributed by atoms with van der Waals surface area (Å²) in [5.74, 6) is 0. The highest BCUT2D eigenvalue weighted by molar-refractivity contribution is 7.84.